The van der Waals surface area contributed by atoms with Crippen molar-refractivity contribution in [3.8, 4) is 5.75 Å². The minimum absolute atomic E-state index is 0.0227. The lowest BCUT2D eigenvalue weighted by Gasteiger charge is -2.43. The molecule has 0 saturated carbocycles. The summed E-state index contributed by atoms with van der Waals surface area (Å²) in [6, 6.07) is 7.84. The summed E-state index contributed by atoms with van der Waals surface area (Å²) in [5, 5.41) is 10.1. The number of allylic oxidation sites excluding steroid dienone is 2. The third kappa shape index (κ3) is 7.50. The number of ether oxygens (including phenoxy) is 2. The Balaban J connectivity index is 2.25. The Labute approximate surface area is 226 Å². The van der Waals surface area contributed by atoms with Crippen LogP contribution in [-0.4, -0.2) is 46.1 Å². The van der Waals surface area contributed by atoms with Crippen LogP contribution in [-0.2, 0) is 20.6 Å². The number of aliphatic hydroxyl groups excluding tert-OH is 1. The Morgan fingerprint density at radius 2 is 1.71 bits per heavy atom. The summed E-state index contributed by atoms with van der Waals surface area (Å²) in [7, 11) is -0.430. The van der Waals surface area contributed by atoms with E-state index >= 15 is 0 Å². The van der Waals surface area contributed by atoms with E-state index in [-0.39, 0.29) is 18.3 Å². The van der Waals surface area contributed by atoms with Crippen LogP contribution >= 0.6 is 22.6 Å². The molecule has 0 bridgehead atoms. The molecule has 1 N–H and O–H groups in total. The molecule has 0 heterocycles. The van der Waals surface area contributed by atoms with Crippen molar-refractivity contribution in [2.24, 2.45) is 11.8 Å². The van der Waals surface area contributed by atoms with Crippen LogP contribution in [0.2, 0.25) is 16.6 Å². The van der Waals surface area contributed by atoms with Crippen molar-refractivity contribution in [3.05, 3.63) is 51.1 Å². The lowest BCUT2D eigenvalue weighted by molar-refractivity contribution is -0.121. The fourth-order valence-electron chi connectivity index (χ4n) is 5.57. The first-order chi connectivity index (χ1) is 16.6. The zero-order valence-electron chi connectivity index (χ0n) is 22.3. The first kappa shape index (κ1) is 30.2. The van der Waals surface area contributed by atoms with Gasteiger partial charge in [-0.25, -0.2) is 0 Å². The Hall–Kier alpha value is -1.00. The summed E-state index contributed by atoms with van der Waals surface area (Å²) in [6.45, 7) is 14.9. The Kier molecular flexibility index (Phi) is 12.2. The first-order valence-corrected chi connectivity index (χ1v) is 15.8. The molecule has 2 rings (SSSR count). The summed E-state index contributed by atoms with van der Waals surface area (Å²) in [4.78, 5) is 12.8. The van der Waals surface area contributed by atoms with Crippen molar-refractivity contribution in [2.45, 2.75) is 71.2 Å². The van der Waals surface area contributed by atoms with E-state index in [1.54, 1.807) is 7.11 Å². The van der Waals surface area contributed by atoms with Gasteiger partial charge in [-0.3, -0.25) is 4.79 Å². The monoisotopic (exact) mass is 614 g/mol. The molecule has 0 fully saturated rings. The van der Waals surface area contributed by atoms with E-state index in [1.807, 2.05) is 30.3 Å². The fraction of sp³-hybridized carbons (Fsp3) is 0.607. The SMILES string of the molecule is COc1ccc(COC/C=C(\CO[Si](C(C)C)(C(C)C)C(C)C)[C@@H]2CC=C(I)C(=O)[C@H]2CO)cc1. The zero-order valence-corrected chi connectivity index (χ0v) is 25.5. The van der Waals surface area contributed by atoms with Gasteiger partial charge < -0.3 is 19.0 Å². The maximum Gasteiger partial charge on any atom is 0.200 e. The highest BCUT2D eigenvalue weighted by Gasteiger charge is 2.45. The Morgan fingerprint density at radius 3 is 2.23 bits per heavy atom. The average Bonchev–Trinajstić information content (AvgIpc) is 2.82. The molecule has 35 heavy (non-hydrogen) atoms. The highest BCUT2D eigenvalue weighted by molar-refractivity contribution is 14.1. The molecule has 0 radical (unpaired) electrons. The maximum absolute atomic E-state index is 12.8. The molecule has 0 saturated heterocycles. The number of hydrogen-bond donors (Lipinski definition) is 1. The Bertz CT molecular complexity index is 854. The molecule has 5 nitrogen and oxygen atoms in total. The molecule has 1 aliphatic carbocycles. The minimum atomic E-state index is -2.08. The van der Waals surface area contributed by atoms with E-state index in [9.17, 15) is 9.90 Å². The Morgan fingerprint density at radius 1 is 1.11 bits per heavy atom. The molecule has 0 amide bonds. The largest absolute Gasteiger partial charge is 0.497 e. The standard InChI is InChI=1S/C28H43IO5Si/c1-19(2)35(20(3)4,21(5)6)34-18-23(25-12-13-27(29)28(31)26(25)16-30)14-15-33-17-22-8-10-24(32-7)11-9-22/h8-11,13-14,19-21,25-26,30H,12,15-18H2,1-7H3/b23-14+/t25-,26-/m0/s1. The molecule has 2 atom stereocenters. The van der Waals surface area contributed by atoms with Gasteiger partial charge in [0.25, 0.3) is 0 Å². The molecule has 0 spiro atoms. The number of carbonyl (C=O) groups is 1. The van der Waals surface area contributed by atoms with Gasteiger partial charge in [-0.15, -0.1) is 0 Å². The molecule has 1 aromatic carbocycles. The fourth-order valence-corrected chi connectivity index (χ4v) is 11.6. The maximum atomic E-state index is 12.8. The van der Waals surface area contributed by atoms with E-state index in [4.69, 9.17) is 13.9 Å². The number of ketones is 1. The average molecular weight is 615 g/mol. The van der Waals surface area contributed by atoms with E-state index in [0.717, 1.165) is 23.3 Å². The second-order valence-corrected chi connectivity index (χ2v) is 16.9. The van der Waals surface area contributed by atoms with Gasteiger partial charge in [0.1, 0.15) is 5.75 Å². The zero-order chi connectivity index (χ0) is 26.2. The van der Waals surface area contributed by atoms with Crippen LogP contribution in [0, 0.1) is 11.8 Å². The highest BCUT2D eigenvalue weighted by Crippen LogP contribution is 2.43. The van der Waals surface area contributed by atoms with Crippen molar-refractivity contribution in [2.75, 3.05) is 26.9 Å². The van der Waals surface area contributed by atoms with Crippen LogP contribution < -0.4 is 4.74 Å². The quantitative estimate of drug-likeness (QED) is 0.114. The second kappa shape index (κ2) is 14.1. The van der Waals surface area contributed by atoms with Crippen molar-refractivity contribution in [3.63, 3.8) is 0 Å². The smallest absolute Gasteiger partial charge is 0.200 e. The van der Waals surface area contributed by atoms with Crippen molar-refractivity contribution < 1.29 is 23.8 Å². The van der Waals surface area contributed by atoms with Crippen molar-refractivity contribution in [1.82, 2.24) is 0 Å². The van der Waals surface area contributed by atoms with Crippen LogP contribution in [0.5, 0.6) is 5.75 Å². The number of Topliss-reactive ketones (excluding diaryl/α,β-unsaturated/α-hetero) is 1. The number of carbonyl (C=O) groups excluding carboxylic acids is 1. The van der Waals surface area contributed by atoms with Gasteiger partial charge in [0.15, 0.2) is 5.78 Å². The topological polar surface area (TPSA) is 65.0 Å². The van der Waals surface area contributed by atoms with Gasteiger partial charge in [0.05, 0.1) is 43.0 Å². The van der Waals surface area contributed by atoms with Crippen molar-refractivity contribution >= 4 is 36.7 Å². The summed E-state index contributed by atoms with van der Waals surface area (Å²) < 4.78 is 18.8. The van der Waals surface area contributed by atoms with Gasteiger partial charge in [-0.2, -0.15) is 0 Å². The molecular weight excluding hydrogens is 571 g/mol. The molecule has 196 valence electrons. The van der Waals surface area contributed by atoms with Gasteiger partial charge in [-0.1, -0.05) is 65.8 Å². The number of aliphatic hydroxyl groups is 1. The molecule has 1 aromatic rings. The normalized spacial score (nSPS) is 19.6. The van der Waals surface area contributed by atoms with E-state index in [1.165, 1.54) is 0 Å². The van der Waals surface area contributed by atoms with E-state index < -0.39 is 14.2 Å². The van der Waals surface area contributed by atoms with Crippen LogP contribution in [0.4, 0.5) is 0 Å². The molecule has 0 unspecified atom stereocenters. The first-order valence-electron chi connectivity index (χ1n) is 12.6. The number of hydrogen-bond acceptors (Lipinski definition) is 5. The molecule has 0 aliphatic heterocycles. The van der Waals surface area contributed by atoms with Gasteiger partial charge in [-0.05, 0) is 74.8 Å². The van der Waals surface area contributed by atoms with Gasteiger partial charge in [0.2, 0.25) is 8.32 Å². The summed E-state index contributed by atoms with van der Waals surface area (Å²) in [6.07, 6.45) is 4.79. The lowest BCUT2D eigenvalue weighted by Crippen LogP contribution is -2.48. The predicted octanol–water partition coefficient (Wildman–Crippen LogP) is 6.85. The van der Waals surface area contributed by atoms with E-state index in [0.29, 0.717) is 40.0 Å². The number of halogens is 1. The van der Waals surface area contributed by atoms with E-state index in [2.05, 4.69) is 70.2 Å². The third-order valence-corrected chi connectivity index (χ3v) is 14.4. The molecule has 7 heteroatoms. The summed E-state index contributed by atoms with van der Waals surface area (Å²) >= 11 is 2.08. The number of rotatable bonds is 13. The highest BCUT2D eigenvalue weighted by atomic mass is 127. The number of methoxy groups -OCH3 is 1. The summed E-state index contributed by atoms with van der Waals surface area (Å²) in [5.74, 6) is 0.334. The van der Waals surface area contributed by atoms with Crippen LogP contribution in [0.1, 0.15) is 53.5 Å². The van der Waals surface area contributed by atoms with Crippen LogP contribution in [0.15, 0.2) is 45.6 Å². The van der Waals surface area contributed by atoms with Crippen LogP contribution in [0.3, 0.4) is 0 Å². The van der Waals surface area contributed by atoms with Crippen molar-refractivity contribution in [1.29, 1.82) is 0 Å². The second-order valence-electron chi connectivity index (χ2n) is 10.3. The number of benzene rings is 1. The molecular formula is C28H43IO5Si. The predicted molar refractivity (Wildman–Crippen MR) is 154 cm³/mol. The molecule has 1 aliphatic rings. The van der Waals surface area contributed by atoms with Gasteiger partial charge >= 0.3 is 0 Å². The van der Waals surface area contributed by atoms with Gasteiger partial charge in [0, 0.05) is 0 Å². The minimum Gasteiger partial charge on any atom is -0.497 e. The molecule has 0 aromatic heterocycles. The third-order valence-electron chi connectivity index (χ3n) is 7.37. The lowest BCUT2D eigenvalue weighted by atomic mass is 9.78. The van der Waals surface area contributed by atoms with Crippen LogP contribution in [0.25, 0.3) is 0 Å². The summed E-state index contributed by atoms with van der Waals surface area (Å²) in [5.41, 5.74) is 3.54.